The summed E-state index contributed by atoms with van der Waals surface area (Å²) in [5.41, 5.74) is 4.37. The van der Waals surface area contributed by atoms with Crippen molar-refractivity contribution >= 4 is 0 Å². The van der Waals surface area contributed by atoms with Crippen LogP contribution in [0.5, 0.6) is 0 Å². The standard InChI is InChI=1S/C18H22/c1-2-7-16-12-14-18(15-13-16)11-6-10-17-8-4-3-5-9-17/h3-5,8-9,12-15H,2,6-7,10-11H2,1H3. The maximum absolute atomic E-state index is 2.29. The molecule has 0 aliphatic rings. The fraction of sp³-hybridized carbons (Fsp3) is 0.333. The van der Waals surface area contributed by atoms with Crippen LogP contribution in [0.4, 0.5) is 0 Å². The minimum Gasteiger partial charge on any atom is -0.0651 e. The number of hydrogen-bond acceptors (Lipinski definition) is 0. The van der Waals surface area contributed by atoms with Crippen molar-refractivity contribution in [2.75, 3.05) is 0 Å². The molecule has 18 heavy (non-hydrogen) atoms. The van der Waals surface area contributed by atoms with Crippen LogP contribution >= 0.6 is 0 Å². The normalized spacial score (nSPS) is 10.5. The fourth-order valence-corrected chi connectivity index (χ4v) is 2.30. The highest BCUT2D eigenvalue weighted by atomic mass is 14.0. The van der Waals surface area contributed by atoms with Gasteiger partial charge in [-0.05, 0) is 42.4 Å². The zero-order valence-corrected chi connectivity index (χ0v) is 11.2. The Morgan fingerprint density at radius 3 is 1.67 bits per heavy atom. The molecule has 0 N–H and O–H groups in total. The van der Waals surface area contributed by atoms with E-state index in [1.54, 1.807) is 0 Å². The van der Waals surface area contributed by atoms with Gasteiger partial charge in [-0.25, -0.2) is 0 Å². The van der Waals surface area contributed by atoms with Crippen LogP contribution in [-0.2, 0) is 19.3 Å². The van der Waals surface area contributed by atoms with E-state index in [9.17, 15) is 0 Å². The molecule has 0 heterocycles. The third-order valence-corrected chi connectivity index (χ3v) is 3.34. The van der Waals surface area contributed by atoms with Gasteiger partial charge >= 0.3 is 0 Å². The zero-order chi connectivity index (χ0) is 12.6. The Kier molecular flexibility index (Phi) is 5.01. The number of rotatable bonds is 6. The second-order valence-corrected chi connectivity index (χ2v) is 4.91. The topological polar surface area (TPSA) is 0 Å². The Hall–Kier alpha value is -1.56. The molecule has 0 radical (unpaired) electrons. The van der Waals surface area contributed by atoms with Gasteiger partial charge in [0, 0.05) is 0 Å². The lowest BCUT2D eigenvalue weighted by Gasteiger charge is -2.04. The Bertz CT molecular complexity index is 439. The summed E-state index contributed by atoms with van der Waals surface area (Å²) in [6, 6.07) is 19.9. The molecule has 0 atom stereocenters. The second-order valence-electron chi connectivity index (χ2n) is 4.91. The van der Waals surface area contributed by atoms with Crippen molar-refractivity contribution in [3.63, 3.8) is 0 Å². The molecule has 2 rings (SSSR count). The van der Waals surface area contributed by atoms with Gasteiger partial charge in [-0.3, -0.25) is 0 Å². The summed E-state index contributed by atoms with van der Waals surface area (Å²) in [6.45, 7) is 2.23. The molecule has 0 amide bonds. The largest absolute Gasteiger partial charge is 0.0651 e. The van der Waals surface area contributed by atoms with Crippen molar-refractivity contribution in [1.29, 1.82) is 0 Å². The van der Waals surface area contributed by atoms with Gasteiger partial charge in [0.15, 0.2) is 0 Å². The lowest BCUT2D eigenvalue weighted by Crippen LogP contribution is -1.91. The lowest BCUT2D eigenvalue weighted by atomic mass is 10.0. The Morgan fingerprint density at radius 2 is 1.11 bits per heavy atom. The van der Waals surface area contributed by atoms with Crippen LogP contribution in [0.2, 0.25) is 0 Å². The van der Waals surface area contributed by atoms with Crippen molar-refractivity contribution < 1.29 is 0 Å². The summed E-state index contributed by atoms with van der Waals surface area (Å²) in [7, 11) is 0. The van der Waals surface area contributed by atoms with E-state index in [-0.39, 0.29) is 0 Å². The maximum atomic E-state index is 2.29. The molecule has 0 spiro atoms. The van der Waals surface area contributed by atoms with E-state index in [0.29, 0.717) is 0 Å². The average Bonchev–Trinajstić information content (AvgIpc) is 2.42. The Labute approximate surface area is 111 Å². The van der Waals surface area contributed by atoms with Crippen LogP contribution in [-0.4, -0.2) is 0 Å². The van der Waals surface area contributed by atoms with E-state index in [1.807, 2.05) is 0 Å². The highest BCUT2D eigenvalue weighted by molar-refractivity contribution is 5.23. The lowest BCUT2D eigenvalue weighted by molar-refractivity contribution is 0.819. The van der Waals surface area contributed by atoms with Crippen LogP contribution in [0, 0.1) is 0 Å². The molecule has 0 unspecified atom stereocenters. The molecule has 2 aromatic rings. The maximum Gasteiger partial charge on any atom is -0.0276 e. The van der Waals surface area contributed by atoms with Gasteiger partial charge in [0.25, 0.3) is 0 Å². The predicted octanol–water partition coefficient (Wildman–Crippen LogP) is 4.81. The molecule has 0 fully saturated rings. The molecule has 0 aliphatic carbocycles. The first kappa shape index (κ1) is 12.9. The summed E-state index contributed by atoms with van der Waals surface area (Å²) < 4.78 is 0. The van der Waals surface area contributed by atoms with Gasteiger partial charge in [0.2, 0.25) is 0 Å². The van der Waals surface area contributed by atoms with E-state index < -0.39 is 0 Å². The average molecular weight is 238 g/mol. The number of benzene rings is 2. The van der Waals surface area contributed by atoms with Gasteiger partial charge in [0.1, 0.15) is 0 Å². The minimum atomic E-state index is 1.18. The summed E-state index contributed by atoms with van der Waals surface area (Å²) in [5.74, 6) is 0. The number of aryl methyl sites for hydroxylation is 3. The van der Waals surface area contributed by atoms with Crippen LogP contribution in [0.25, 0.3) is 0 Å². The summed E-state index contributed by atoms with van der Waals surface area (Å²) >= 11 is 0. The highest BCUT2D eigenvalue weighted by Gasteiger charge is 1.96. The van der Waals surface area contributed by atoms with E-state index >= 15 is 0 Å². The van der Waals surface area contributed by atoms with Crippen LogP contribution < -0.4 is 0 Å². The monoisotopic (exact) mass is 238 g/mol. The summed E-state index contributed by atoms with van der Waals surface area (Å²) in [6.07, 6.45) is 6.02. The van der Waals surface area contributed by atoms with E-state index in [4.69, 9.17) is 0 Å². The molecule has 94 valence electrons. The van der Waals surface area contributed by atoms with E-state index in [1.165, 1.54) is 48.8 Å². The highest BCUT2D eigenvalue weighted by Crippen LogP contribution is 2.10. The van der Waals surface area contributed by atoms with Crippen molar-refractivity contribution in [2.24, 2.45) is 0 Å². The molecule has 2 aromatic carbocycles. The third-order valence-electron chi connectivity index (χ3n) is 3.34. The quantitative estimate of drug-likeness (QED) is 0.677. The van der Waals surface area contributed by atoms with Crippen molar-refractivity contribution in [3.8, 4) is 0 Å². The molecule has 0 saturated heterocycles. The first-order valence-electron chi connectivity index (χ1n) is 7.00. The van der Waals surface area contributed by atoms with Gasteiger partial charge < -0.3 is 0 Å². The molecule has 0 saturated carbocycles. The predicted molar refractivity (Wildman–Crippen MR) is 78.9 cm³/mol. The van der Waals surface area contributed by atoms with Gasteiger partial charge in [-0.1, -0.05) is 67.9 Å². The summed E-state index contributed by atoms with van der Waals surface area (Å²) in [4.78, 5) is 0. The fourth-order valence-electron chi connectivity index (χ4n) is 2.30. The molecular weight excluding hydrogens is 216 g/mol. The molecule has 0 aliphatic heterocycles. The first-order valence-corrected chi connectivity index (χ1v) is 7.00. The van der Waals surface area contributed by atoms with Crippen molar-refractivity contribution in [3.05, 3.63) is 71.3 Å². The summed E-state index contributed by atoms with van der Waals surface area (Å²) in [5, 5.41) is 0. The second kappa shape index (κ2) is 7.00. The minimum absolute atomic E-state index is 1.18. The molecule has 0 heteroatoms. The van der Waals surface area contributed by atoms with Gasteiger partial charge in [-0.2, -0.15) is 0 Å². The van der Waals surface area contributed by atoms with Crippen LogP contribution in [0.3, 0.4) is 0 Å². The molecule has 0 bridgehead atoms. The molecule has 0 aromatic heterocycles. The first-order chi connectivity index (χ1) is 8.88. The SMILES string of the molecule is CCCc1ccc(CCCc2ccccc2)cc1. The van der Waals surface area contributed by atoms with Gasteiger partial charge in [-0.15, -0.1) is 0 Å². The zero-order valence-electron chi connectivity index (χ0n) is 11.2. The van der Waals surface area contributed by atoms with Crippen molar-refractivity contribution in [1.82, 2.24) is 0 Å². The van der Waals surface area contributed by atoms with Crippen LogP contribution in [0.15, 0.2) is 54.6 Å². The Balaban J connectivity index is 1.80. The van der Waals surface area contributed by atoms with E-state index in [0.717, 1.165) is 0 Å². The van der Waals surface area contributed by atoms with Crippen molar-refractivity contribution in [2.45, 2.75) is 39.0 Å². The third kappa shape index (κ3) is 4.03. The van der Waals surface area contributed by atoms with Crippen LogP contribution in [0.1, 0.15) is 36.5 Å². The molecular formula is C18H22. The number of hydrogen-bond donors (Lipinski definition) is 0. The smallest absolute Gasteiger partial charge is 0.0276 e. The van der Waals surface area contributed by atoms with Gasteiger partial charge in [0.05, 0.1) is 0 Å². The molecule has 0 nitrogen and oxygen atoms in total. The Morgan fingerprint density at radius 1 is 0.611 bits per heavy atom. The van der Waals surface area contributed by atoms with E-state index in [2.05, 4.69) is 61.5 Å².